The lowest BCUT2D eigenvalue weighted by molar-refractivity contribution is -0.119. The Kier molecular flexibility index (Phi) is 9.06. The van der Waals surface area contributed by atoms with Crippen LogP contribution in [0.4, 0.5) is 5.69 Å². The van der Waals surface area contributed by atoms with Crippen molar-refractivity contribution in [2.24, 2.45) is 0 Å². The minimum absolute atomic E-state index is 0.0557. The highest BCUT2D eigenvalue weighted by molar-refractivity contribution is 7.99. The summed E-state index contributed by atoms with van der Waals surface area (Å²) in [6, 6.07) is 8.48. The van der Waals surface area contributed by atoms with Crippen LogP contribution < -0.4 is 15.4 Å². The summed E-state index contributed by atoms with van der Waals surface area (Å²) < 4.78 is 7.58. The Morgan fingerprint density at radius 3 is 2.84 bits per heavy atom. The molecular formula is C23H35N5O2S. The van der Waals surface area contributed by atoms with E-state index in [4.69, 9.17) is 4.74 Å². The molecule has 0 spiro atoms. The Balaban J connectivity index is 1.69. The van der Waals surface area contributed by atoms with Crippen molar-refractivity contribution in [1.29, 1.82) is 0 Å². The molecule has 1 aliphatic rings. The van der Waals surface area contributed by atoms with Crippen LogP contribution in [0.1, 0.15) is 70.7 Å². The van der Waals surface area contributed by atoms with Gasteiger partial charge in [0.25, 0.3) is 0 Å². The molecule has 2 N–H and O–H groups in total. The predicted octanol–water partition coefficient (Wildman–Crippen LogP) is 4.80. The first-order valence-corrected chi connectivity index (χ1v) is 12.3. The van der Waals surface area contributed by atoms with Gasteiger partial charge in [-0.2, -0.15) is 0 Å². The van der Waals surface area contributed by atoms with Gasteiger partial charge in [0.15, 0.2) is 11.0 Å². The third-order valence-electron chi connectivity index (χ3n) is 5.66. The molecule has 1 aromatic heterocycles. The minimum Gasteiger partial charge on any atom is -0.497 e. The highest BCUT2D eigenvalue weighted by atomic mass is 32.2. The summed E-state index contributed by atoms with van der Waals surface area (Å²) >= 11 is 1.49. The van der Waals surface area contributed by atoms with Gasteiger partial charge < -0.3 is 19.9 Å². The van der Waals surface area contributed by atoms with Crippen LogP contribution in [0.25, 0.3) is 0 Å². The normalized spacial score (nSPS) is 15.5. The number of carbonyl (C=O) groups is 1. The van der Waals surface area contributed by atoms with Gasteiger partial charge in [-0.05, 0) is 38.3 Å². The van der Waals surface area contributed by atoms with E-state index >= 15 is 0 Å². The largest absolute Gasteiger partial charge is 0.497 e. The number of methoxy groups -OCH3 is 1. The number of hydrogen-bond acceptors (Lipinski definition) is 6. The third-order valence-corrected chi connectivity index (χ3v) is 6.60. The predicted molar refractivity (Wildman–Crippen MR) is 126 cm³/mol. The summed E-state index contributed by atoms with van der Waals surface area (Å²) in [5, 5.41) is 16.3. The van der Waals surface area contributed by atoms with Gasteiger partial charge in [0.05, 0.1) is 19.4 Å². The van der Waals surface area contributed by atoms with Crippen LogP contribution in [0.2, 0.25) is 0 Å². The first kappa shape index (κ1) is 23.4. The maximum absolute atomic E-state index is 12.4. The summed E-state index contributed by atoms with van der Waals surface area (Å²) in [4.78, 5) is 12.4. The molecule has 7 nitrogen and oxygen atoms in total. The molecule has 31 heavy (non-hydrogen) atoms. The van der Waals surface area contributed by atoms with Crippen molar-refractivity contribution >= 4 is 23.4 Å². The Labute approximate surface area is 189 Å². The van der Waals surface area contributed by atoms with Gasteiger partial charge in [-0.15, -0.1) is 10.2 Å². The number of carbonyl (C=O) groups excluding carboxylic acids is 1. The molecule has 0 bridgehead atoms. The zero-order valence-electron chi connectivity index (χ0n) is 18.9. The minimum atomic E-state index is 0.0557. The van der Waals surface area contributed by atoms with Crippen molar-refractivity contribution < 1.29 is 9.53 Å². The van der Waals surface area contributed by atoms with Gasteiger partial charge in [0, 0.05) is 23.8 Å². The molecule has 0 saturated heterocycles. The van der Waals surface area contributed by atoms with E-state index in [9.17, 15) is 4.79 Å². The van der Waals surface area contributed by atoms with Crippen LogP contribution in [0, 0.1) is 0 Å². The Morgan fingerprint density at radius 1 is 1.29 bits per heavy atom. The highest BCUT2D eigenvalue weighted by Gasteiger charge is 2.23. The average Bonchev–Trinajstić information content (AvgIpc) is 3.20. The molecule has 8 heteroatoms. The van der Waals surface area contributed by atoms with Crippen molar-refractivity contribution in [3.63, 3.8) is 0 Å². The molecule has 0 aliphatic heterocycles. The number of anilines is 1. The Hall–Kier alpha value is -2.22. The maximum Gasteiger partial charge on any atom is 0.230 e. The summed E-state index contributed by atoms with van der Waals surface area (Å²) in [5.41, 5.74) is 0.982. The first-order chi connectivity index (χ1) is 15.1. The highest BCUT2D eigenvalue weighted by Crippen LogP contribution is 2.33. The molecule has 1 amide bonds. The van der Waals surface area contributed by atoms with E-state index in [1.807, 2.05) is 24.3 Å². The van der Waals surface area contributed by atoms with Crippen LogP contribution in [0.3, 0.4) is 0 Å². The zero-order chi connectivity index (χ0) is 22.1. The van der Waals surface area contributed by atoms with Crippen LogP contribution in [-0.2, 0) is 11.3 Å². The molecule has 1 atom stereocenters. The van der Waals surface area contributed by atoms with Crippen molar-refractivity contribution in [3.05, 3.63) is 30.1 Å². The number of nitrogens with zero attached hydrogens (tertiary/aromatic N) is 3. The van der Waals surface area contributed by atoms with Gasteiger partial charge >= 0.3 is 0 Å². The number of aromatic nitrogens is 3. The second-order valence-electron chi connectivity index (χ2n) is 8.19. The van der Waals surface area contributed by atoms with Gasteiger partial charge in [0.2, 0.25) is 5.91 Å². The van der Waals surface area contributed by atoms with E-state index in [1.165, 1.54) is 31.0 Å². The second-order valence-corrected chi connectivity index (χ2v) is 9.13. The first-order valence-electron chi connectivity index (χ1n) is 11.3. The Bertz CT molecular complexity index is 835. The second kappa shape index (κ2) is 12.0. The number of rotatable bonds is 11. The average molecular weight is 446 g/mol. The zero-order valence-corrected chi connectivity index (χ0v) is 19.7. The molecule has 1 heterocycles. The molecular weight excluding hydrogens is 410 g/mol. The van der Waals surface area contributed by atoms with E-state index in [2.05, 4.69) is 39.2 Å². The van der Waals surface area contributed by atoms with Gasteiger partial charge in [-0.1, -0.05) is 50.4 Å². The van der Waals surface area contributed by atoms with E-state index in [-0.39, 0.29) is 11.9 Å². The monoisotopic (exact) mass is 445 g/mol. The number of amides is 1. The van der Waals surface area contributed by atoms with Crippen LogP contribution in [0.15, 0.2) is 29.4 Å². The van der Waals surface area contributed by atoms with E-state index < -0.39 is 0 Å². The molecule has 2 aromatic rings. The molecule has 1 fully saturated rings. The molecule has 170 valence electrons. The van der Waals surface area contributed by atoms with Crippen molar-refractivity contribution in [3.8, 4) is 5.75 Å². The molecule has 1 aliphatic carbocycles. The lowest BCUT2D eigenvalue weighted by Crippen LogP contribution is -2.33. The molecule has 1 aromatic carbocycles. The summed E-state index contributed by atoms with van der Waals surface area (Å²) in [5.74, 6) is 2.15. The third kappa shape index (κ3) is 6.89. The summed E-state index contributed by atoms with van der Waals surface area (Å²) in [7, 11) is 1.67. The van der Waals surface area contributed by atoms with Crippen LogP contribution >= 0.6 is 11.8 Å². The van der Waals surface area contributed by atoms with E-state index in [0.717, 1.165) is 48.1 Å². The van der Waals surface area contributed by atoms with Crippen molar-refractivity contribution in [2.45, 2.75) is 82.6 Å². The lowest BCUT2D eigenvalue weighted by Gasteiger charge is -2.25. The number of benzene rings is 1. The fourth-order valence-electron chi connectivity index (χ4n) is 4.10. The quantitative estimate of drug-likeness (QED) is 0.484. The van der Waals surface area contributed by atoms with Gasteiger partial charge in [0.1, 0.15) is 5.75 Å². The van der Waals surface area contributed by atoms with E-state index in [0.29, 0.717) is 18.3 Å². The van der Waals surface area contributed by atoms with Gasteiger partial charge in [-0.3, -0.25) is 4.79 Å². The fraction of sp³-hybridized carbons (Fsp3) is 0.609. The van der Waals surface area contributed by atoms with Gasteiger partial charge in [-0.25, -0.2) is 0 Å². The summed E-state index contributed by atoms with van der Waals surface area (Å²) in [6.07, 6.45) is 8.07. The fourth-order valence-corrected chi connectivity index (χ4v) is 4.93. The van der Waals surface area contributed by atoms with E-state index in [1.54, 1.807) is 7.11 Å². The Morgan fingerprint density at radius 2 is 2.10 bits per heavy atom. The number of thioether (sulfide) groups is 1. The topological polar surface area (TPSA) is 81.1 Å². The lowest BCUT2D eigenvalue weighted by atomic mass is 9.95. The SMILES string of the molecule is CCCC(C)NC(=O)CSc1nnc(CNc2cccc(OC)c2)n1C1CCCCC1. The van der Waals surface area contributed by atoms with Crippen LogP contribution in [-0.4, -0.2) is 39.6 Å². The summed E-state index contributed by atoms with van der Waals surface area (Å²) in [6.45, 7) is 4.76. The molecule has 1 unspecified atom stereocenters. The number of hydrogen-bond donors (Lipinski definition) is 2. The standard InChI is InChI=1S/C23H35N5O2S/c1-4-9-17(2)25-22(29)16-31-23-27-26-21(28(23)19-11-6-5-7-12-19)15-24-18-10-8-13-20(14-18)30-3/h8,10,13-14,17,19,24H,4-7,9,11-12,15-16H2,1-3H3,(H,25,29). The number of ether oxygens (including phenoxy) is 1. The maximum atomic E-state index is 12.4. The number of nitrogens with one attached hydrogen (secondary N) is 2. The van der Waals surface area contributed by atoms with Crippen molar-refractivity contribution in [1.82, 2.24) is 20.1 Å². The van der Waals surface area contributed by atoms with Crippen molar-refractivity contribution in [2.75, 3.05) is 18.2 Å². The molecule has 0 radical (unpaired) electrons. The molecule has 3 rings (SSSR count). The smallest absolute Gasteiger partial charge is 0.230 e. The van der Waals surface area contributed by atoms with Crippen LogP contribution in [0.5, 0.6) is 5.75 Å². The molecule has 1 saturated carbocycles.